The molecule has 0 aliphatic carbocycles. The summed E-state index contributed by atoms with van der Waals surface area (Å²) in [4.78, 5) is 22.7. The molecule has 0 N–H and O–H groups in total. The van der Waals surface area contributed by atoms with Gasteiger partial charge in [0.25, 0.3) is 0 Å². The van der Waals surface area contributed by atoms with Crippen molar-refractivity contribution in [2.45, 2.75) is 0 Å². The molecule has 0 radical (unpaired) electrons. The van der Waals surface area contributed by atoms with E-state index >= 15 is 0 Å². The van der Waals surface area contributed by atoms with Crippen LogP contribution in [0.5, 0.6) is 5.75 Å². The highest BCUT2D eigenvalue weighted by atomic mass is 127. The average molecular weight is 325 g/mol. The summed E-state index contributed by atoms with van der Waals surface area (Å²) in [5.41, 5.74) is 0. The second kappa shape index (κ2) is 4.33. The first-order valence-electron chi connectivity index (χ1n) is 3.50. The Bertz CT molecular complexity index is 435. The molecule has 0 aromatic carbocycles. The van der Waals surface area contributed by atoms with Crippen LogP contribution in [0.15, 0.2) is 6.07 Å². The van der Waals surface area contributed by atoms with Gasteiger partial charge in [0.1, 0.15) is 3.57 Å². The third-order valence-corrected chi connectivity index (χ3v) is 2.26. The highest BCUT2D eigenvalue weighted by molar-refractivity contribution is 14.1. The van der Waals surface area contributed by atoms with Crippen LogP contribution in [-0.2, 0) is 0 Å². The lowest BCUT2D eigenvalue weighted by molar-refractivity contribution is -0.404. The molecule has 1 heterocycles. The molecule has 0 atom stereocenters. The van der Waals surface area contributed by atoms with Gasteiger partial charge in [0.05, 0.1) is 7.11 Å². The van der Waals surface area contributed by atoms with Gasteiger partial charge in [-0.05, 0) is 32.4 Å². The van der Waals surface area contributed by atoms with Gasteiger partial charge in [-0.25, -0.2) is 0 Å². The van der Waals surface area contributed by atoms with Crippen LogP contribution >= 0.6 is 22.6 Å². The first-order valence-corrected chi connectivity index (χ1v) is 4.58. The Morgan fingerprint density at radius 3 is 2.27 bits per heavy atom. The van der Waals surface area contributed by atoms with Gasteiger partial charge in [-0.2, -0.15) is 0 Å². The van der Waals surface area contributed by atoms with Crippen molar-refractivity contribution in [3.63, 3.8) is 0 Å². The Morgan fingerprint density at radius 2 is 1.87 bits per heavy atom. The summed E-state index contributed by atoms with van der Waals surface area (Å²) >= 11 is 1.66. The van der Waals surface area contributed by atoms with E-state index in [1.165, 1.54) is 13.2 Å². The van der Waals surface area contributed by atoms with Gasteiger partial charge >= 0.3 is 11.6 Å². The second-order valence-corrected chi connectivity index (χ2v) is 3.50. The van der Waals surface area contributed by atoms with E-state index in [9.17, 15) is 20.2 Å². The molecule has 8 nitrogen and oxygen atoms in total. The minimum absolute atomic E-state index is 0.102. The molecule has 0 saturated heterocycles. The van der Waals surface area contributed by atoms with E-state index in [1.54, 1.807) is 22.6 Å². The van der Waals surface area contributed by atoms with Crippen molar-refractivity contribution >= 4 is 34.2 Å². The zero-order valence-electron chi connectivity index (χ0n) is 7.34. The number of ether oxygens (including phenoxy) is 1. The Balaban J connectivity index is 3.43. The lowest BCUT2D eigenvalue weighted by Gasteiger charge is -2.02. The van der Waals surface area contributed by atoms with Crippen LogP contribution in [0.2, 0.25) is 0 Å². The van der Waals surface area contributed by atoms with Crippen LogP contribution in [-0.4, -0.2) is 21.9 Å². The maximum Gasteiger partial charge on any atom is 0.410 e. The Kier molecular flexibility index (Phi) is 3.34. The van der Waals surface area contributed by atoms with E-state index in [4.69, 9.17) is 4.74 Å². The molecule has 80 valence electrons. The standard InChI is InChI=1S/C6H4IN3O5/c1-15-4-2-3(7)5(9(11)12)8-6(4)10(13)14/h2H,1H3. The Morgan fingerprint density at radius 1 is 1.33 bits per heavy atom. The molecular weight excluding hydrogens is 321 g/mol. The number of aromatic nitrogens is 1. The van der Waals surface area contributed by atoms with Gasteiger partial charge in [-0.3, -0.25) is 0 Å². The fraction of sp³-hybridized carbons (Fsp3) is 0.167. The highest BCUT2D eigenvalue weighted by Gasteiger charge is 2.25. The van der Waals surface area contributed by atoms with Crippen molar-refractivity contribution in [3.05, 3.63) is 29.9 Å². The number of rotatable bonds is 3. The zero-order valence-corrected chi connectivity index (χ0v) is 9.50. The smallest absolute Gasteiger partial charge is 0.410 e. The minimum atomic E-state index is -0.831. The Labute approximate surface area is 96.7 Å². The molecule has 0 amide bonds. The van der Waals surface area contributed by atoms with Crippen molar-refractivity contribution in [1.82, 2.24) is 4.98 Å². The molecule has 9 heteroatoms. The van der Waals surface area contributed by atoms with Gasteiger partial charge in [0.15, 0.2) is 0 Å². The molecule has 0 bridgehead atoms. The van der Waals surface area contributed by atoms with E-state index in [-0.39, 0.29) is 9.32 Å². The molecule has 15 heavy (non-hydrogen) atoms. The monoisotopic (exact) mass is 325 g/mol. The zero-order chi connectivity index (χ0) is 11.6. The summed E-state index contributed by atoms with van der Waals surface area (Å²) < 4.78 is 4.87. The summed E-state index contributed by atoms with van der Waals surface area (Å²) in [6, 6.07) is 1.20. The summed E-state index contributed by atoms with van der Waals surface area (Å²) in [6.07, 6.45) is 0. The molecule has 0 aliphatic heterocycles. The average Bonchev–Trinajstić information content (AvgIpc) is 2.16. The number of hydrogen-bond donors (Lipinski definition) is 0. The molecular formula is C6H4IN3O5. The number of pyridine rings is 1. The molecule has 0 saturated carbocycles. The number of nitro groups is 2. The molecule has 1 aromatic heterocycles. The van der Waals surface area contributed by atoms with Gasteiger partial charge in [0, 0.05) is 11.1 Å². The quantitative estimate of drug-likeness (QED) is 0.473. The topological polar surface area (TPSA) is 108 Å². The molecule has 1 aromatic rings. The normalized spacial score (nSPS) is 9.73. The SMILES string of the molecule is COc1cc(I)c([N+](=O)[O-])nc1[N+](=O)[O-]. The lowest BCUT2D eigenvalue weighted by atomic mass is 10.4. The fourth-order valence-electron chi connectivity index (χ4n) is 0.862. The third kappa shape index (κ3) is 2.29. The number of methoxy groups -OCH3 is 1. The number of hydrogen-bond acceptors (Lipinski definition) is 6. The largest absolute Gasteiger partial charge is 0.489 e. The van der Waals surface area contributed by atoms with Gasteiger partial charge < -0.3 is 25.0 Å². The van der Waals surface area contributed by atoms with Crippen LogP contribution in [0.1, 0.15) is 0 Å². The van der Waals surface area contributed by atoms with Gasteiger partial charge in [-0.15, -0.1) is 0 Å². The van der Waals surface area contributed by atoms with E-state index in [1.807, 2.05) is 0 Å². The van der Waals surface area contributed by atoms with Gasteiger partial charge in [0.2, 0.25) is 5.75 Å². The summed E-state index contributed by atoms with van der Waals surface area (Å²) in [6.45, 7) is 0. The highest BCUT2D eigenvalue weighted by Crippen LogP contribution is 2.31. The molecule has 1 rings (SSSR count). The maximum atomic E-state index is 10.5. The summed E-state index contributed by atoms with van der Waals surface area (Å²) in [5, 5.41) is 21.0. The summed E-state index contributed by atoms with van der Waals surface area (Å²) in [7, 11) is 1.23. The van der Waals surface area contributed by atoms with E-state index < -0.39 is 21.5 Å². The van der Waals surface area contributed by atoms with Crippen LogP contribution in [0.25, 0.3) is 0 Å². The Hall–Kier alpha value is -1.52. The van der Waals surface area contributed by atoms with E-state index in [0.717, 1.165) is 0 Å². The van der Waals surface area contributed by atoms with Crippen LogP contribution in [0.3, 0.4) is 0 Å². The minimum Gasteiger partial charge on any atom is -0.489 e. The van der Waals surface area contributed by atoms with Gasteiger partial charge in [-0.1, -0.05) is 0 Å². The maximum absolute atomic E-state index is 10.5. The predicted molar refractivity (Wildman–Crippen MR) is 56.8 cm³/mol. The first-order chi connectivity index (χ1) is 6.97. The second-order valence-electron chi connectivity index (χ2n) is 2.33. The van der Waals surface area contributed by atoms with Crippen molar-refractivity contribution in [3.8, 4) is 5.75 Å². The number of halogens is 1. The van der Waals surface area contributed by atoms with Crippen molar-refractivity contribution in [2.75, 3.05) is 7.11 Å². The number of nitrogens with zero attached hydrogens (tertiary/aromatic N) is 3. The molecule has 0 unspecified atom stereocenters. The van der Waals surface area contributed by atoms with Crippen molar-refractivity contribution < 1.29 is 14.6 Å². The van der Waals surface area contributed by atoms with Crippen molar-refractivity contribution in [1.29, 1.82) is 0 Å². The van der Waals surface area contributed by atoms with Crippen LogP contribution in [0.4, 0.5) is 11.6 Å². The predicted octanol–water partition coefficient (Wildman–Crippen LogP) is 1.51. The van der Waals surface area contributed by atoms with E-state index in [0.29, 0.717) is 0 Å². The van der Waals surface area contributed by atoms with Crippen molar-refractivity contribution in [2.24, 2.45) is 0 Å². The van der Waals surface area contributed by atoms with E-state index in [2.05, 4.69) is 4.98 Å². The molecule has 0 fully saturated rings. The first kappa shape index (κ1) is 11.6. The molecule has 0 spiro atoms. The van der Waals surface area contributed by atoms with Crippen LogP contribution < -0.4 is 4.74 Å². The third-order valence-electron chi connectivity index (χ3n) is 1.47. The fourth-order valence-corrected chi connectivity index (χ4v) is 1.46. The lowest BCUT2D eigenvalue weighted by Crippen LogP contribution is -2.02. The molecule has 0 aliphatic rings. The van der Waals surface area contributed by atoms with Crippen LogP contribution in [0, 0.1) is 23.8 Å². The summed E-state index contributed by atoms with van der Waals surface area (Å²) in [5.74, 6) is -1.32.